The summed E-state index contributed by atoms with van der Waals surface area (Å²) in [5, 5.41) is 6.76. The van der Waals surface area contributed by atoms with Gasteiger partial charge in [0, 0.05) is 19.6 Å². The van der Waals surface area contributed by atoms with Gasteiger partial charge in [-0.05, 0) is 43.4 Å². The van der Waals surface area contributed by atoms with Gasteiger partial charge in [-0.3, -0.25) is 4.99 Å². The Morgan fingerprint density at radius 2 is 1.60 bits per heavy atom. The second kappa shape index (κ2) is 10.7. The molecule has 142 valence electrons. The van der Waals surface area contributed by atoms with Gasteiger partial charge in [0.2, 0.25) is 5.75 Å². The molecule has 0 saturated carbocycles. The molecule has 1 rings (SSSR count). The SMILES string of the molecule is CN=C(NCc1cc(OC)c(OC)c(OC)c1)NC(C)CCC(C)C. The van der Waals surface area contributed by atoms with Crippen molar-refractivity contribution in [3.8, 4) is 17.2 Å². The molecule has 1 unspecified atom stereocenters. The summed E-state index contributed by atoms with van der Waals surface area (Å²) >= 11 is 0. The predicted octanol–water partition coefficient (Wildman–Crippen LogP) is 3.20. The Morgan fingerprint density at radius 3 is 2.04 bits per heavy atom. The first-order valence-electron chi connectivity index (χ1n) is 8.71. The van der Waals surface area contributed by atoms with E-state index in [2.05, 4.69) is 36.4 Å². The van der Waals surface area contributed by atoms with Crippen molar-refractivity contribution in [2.45, 2.75) is 46.2 Å². The lowest BCUT2D eigenvalue weighted by atomic mass is 10.0. The topological polar surface area (TPSA) is 64.1 Å². The van der Waals surface area contributed by atoms with E-state index in [0.717, 1.165) is 17.9 Å². The zero-order chi connectivity index (χ0) is 18.8. The molecule has 0 fully saturated rings. The van der Waals surface area contributed by atoms with Crippen molar-refractivity contribution in [2.75, 3.05) is 28.4 Å². The summed E-state index contributed by atoms with van der Waals surface area (Å²) in [7, 11) is 6.61. The third kappa shape index (κ3) is 6.72. The monoisotopic (exact) mass is 351 g/mol. The number of methoxy groups -OCH3 is 3. The number of hydrogen-bond acceptors (Lipinski definition) is 4. The highest BCUT2D eigenvalue weighted by molar-refractivity contribution is 5.79. The lowest BCUT2D eigenvalue weighted by Gasteiger charge is -2.19. The summed E-state index contributed by atoms with van der Waals surface area (Å²) in [6.07, 6.45) is 2.31. The zero-order valence-electron chi connectivity index (χ0n) is 16.6. The smallest absolute Gasteiger partial charge is 0.203 e. The molecule has 1 atom stereocenters. The summed E-state index contributed by atoms with van der Waals surface area (Å²) in [5.41, 5.74) is 1.02. The van der Waals surface area contributed by atoms with Crippen molar-refractivity contribution in [3.05, 3.63) is 17.7 Å². The Bertz CT molecular complexity index is 534. The van der Waals surface area contributed by atoms with Crippen LogP contribution < -0.4 is 24.8 Å². The van der Waals surface area contributed by atoms with Crippen LogP contribution in [0.3, 0.4) is 0 Å². The molecule has 0 spiro atoms. The van der Waals surface area contributed by atoms with Gasteiger partial charge in [-0.25, -0.2) is 0 Å². The lowest BCUT2D eigenvalue weighted by molar-refractivity contribution is 0.323. The minimum atomic E-state index is 0.369. The van der Waals surface area contributed by atoms with Crippen LogP contribution in [0.25, 0.3) is 0 Å². The van der Waals surface area contributed by atoms with E-state index in [-0.39, 0.29) is 0 Å². The highest BCUT2D eigenvalue weighted by atomic mass is 16.5. The third-order valence-electron chi connectivity index (χ3n) is 3.97. The number of benzene rings is 1. The van der Waals surface area contributed by atoms with Gasteiger partial charge in [0.05, 0.1) is 21.3 Å². The Morgan fingerprint density at radius 1 is 1.00 bits per heavy atom. The molecule has 0 heterocycles. The molecule has 1 aromatic carbocycles. The van der Waals surface area contributed by atoms with Gasteiger partial charge >= 0.3 is 0 Å². The van der Waals surface area contributed by atoms with Crippen molar-refractivity contribution < 1.29 is 14.2 Å². The lowest BCUT2D eigenvalue weighted by Crippen LogP contribution is -2.41. The molecule has 6 nitrogen and oxygen atoms in total. The number of hydrogen-bond donors (Lipinski definition) is 2. The highest BCUT2D eigenvalue weighted by Crippen LogP contribution is 2.38. The summed E-state index contributed by atoms with van der Waals surface area (Å²) in [6.45, 7) is 7.26. The standard InChI is InChI=1S/C19H33N3O3/c1-13(2)8-9-14(3)22-19(20-4)21-12-15-10-16(23-5)18(25-7)17(11-15)24-6/h10-11,13-14H,8-9,12H2,1-7H3,(H2,20,21,22). The van der Waals surface area contributed by atoms with Gasteiger partial charge in [0.25, 0.3) is 0 Å². The van der Waals surface area contributed by atoms with Crippen LogP contribution in [-0.4, -0.2) is 40.4 Å². The Labute approximate surface area is 152 Å². The number of nitrogens with zero attached hydrogens (tertiary/aromatic N) is 1. The highest BCUT2D eigenvalue weighted by Gasteiger charge is 2.13. The van der Waals surface area contributed by atoms with E-state index >= 15 is 0 Å². The molecule has 0 aliphatic carbocycles. The van der Waals surface area contributed by atoms with E-state index in [1.165, 1.54) is 6.42 Å². The quantitative estimate of drug-likeness (QED) is 0.528. The zero-order valence-corrected chi connectivity index (χ0v) is 16.6. The summed E-state index contributed by atoms with van der Waals surface area (Å²) in [4.78, 5) is 4.30. The van der Waals surface area contributed by atoms with Crippen LogP contribution >= 0.6 is 0 Å². The molecule has 0 radical (unpaired) electrons. The predicted molar refractivity (Wildman–Crippen MR) is 103 cm³/mol. The molecular formula is C19H33N3O3. The minimum absolute atomic E-state index is 0.369. The van der Waals surface area contributed by atoms with Gasteiger partial charge in [-0.2, -0.15) is 0 Å². The van der Waals surface area contributed by atoms with E-state index in [0.29, 0.717) is 35.8 Å². The van der Waals surface area contributed by atoms with Crippen LogP contribution in [0, 0.1) is 5.92 Å². The van der Waals surface area contributed by atoms with Gasteiger partial charge in [-0.1, -0.05) is 13.8 Å². The van der Waals surface area contributed by atoms with E-state index < -0.39 is 0 Å². The molecule has 1 aromatic rings. The number of aliphatic imine (C=N–C) groups is 1. The molecule has 0 amide bonds. The normalized spacial score (nSPS) is 12.7. The number of nitrogens with one attached hydrogen (secondary N) is 2. The molecule has 6 heteroatoms. The summed E-state index contributed by atoms with van der Waals surface area (Å²) in [6, 6.07) is 4.24. The average Bonchev–Trinajstić information content (AvgIpc) is 2.62. The Hall–Kier alpha value is -2.11. The van der Waals surface area contributed by atoms with Gasteiger partial charge in [0.1, 0.15) is 0 Å². The van der Waals surface area contributed by atoms with Crippen LogP contribution in [0.4, 0.5) is 0 Å². The Kier molecular flexibility index (Phi) is 8.95. The van der Waals surface area contributed by atoms with Crippen LogP contribution in [-0.2, 0) is 6.54 Å². The maximum Gasteiger partial charge on any atom is 0.203 e. The fraction of sp³-hybridized carbons (Fsp3) is 0.632. The maximum absolute atomic E-state index is 5.39. The molecule has 0 aliphatic heterocycles. The fourth-order valence-corrected chi connectivity index (χ4v) is 2.51. The van der Waals surface area contributed by atoms with E-state index in [9.17, 15) is 0 Å². The van der Waals surface area contributed by atoms with Crippen LogP contribution in [0.2, 0.25) is 0 Å². The first kappa shape index (κ1) is 20.9. The average molecular weight is 351 g/mol. The number of ether oxygens (including phenoxy) is 3. The van der Waals surface area contributed by atoms with Gasteiger partial charge < -0.3 is 24.8 Å². The van der Waals surface area contributed by atoms with Crippen molar-refractivity contribution in [2.24, 2.45) is 10.9 Å². The third-order valence-corrected chi connectivity index (χ3v) is 3.97. The van der Waals surface area contributed by atoms with Crippen molar-refractivity contribution in [1.29, 1.82) is 0 Å². The molecule has 2 N–H and O–H groups in total. The van der Waals surface area contributed by atoms with Crippen LogP contribution in [0.15, 0.2) is 17.1 Å². The summed E-state index contributed by atoms with van der Waals surface area (Å²) < 4.78 is 16.1. The molecule has 0 aromatic heterocycles. The summed E-state index contributed by atoms with van der Waals surface area (Å²) in [5.74, 6) is 3.38. The van der Waals surface area contributed by atoms with Crippen LogP contribution in [0.5, 0.6) is 17.2 Å². The molecule has 25 heavy (non-hydrogen) atoms. The largest absolute Gasteiger partial charge is 0.493 e. The van der Waals surface area contributed by atoms with Gasteiger partial charge in [0.15, 0.2) is 17.5 Å². The minimum Gasteiger partial charge on any atom is -0.493 e. The van der Waals surface area contributed by atoms with Crippen molar-refractivity contribution in [3.63, 3.8) is 0 Å². The number of rotatable bonds is 9. The maximum atomic E-state index is 5.39. The number of guanidine groups is 1. The van der Waals surface area contributed by atoms with Crippen molar-refractivity contribution >= 4 is 5.96 Å². The van der Waals surface area contributed by atoms with E-state index in [1.807, 2.05) is 12.1 Å². The molecular weight excluding hydrogens is 318 g/mol. The van der Waals surface area contributed by atoms with Crippen molar-refractivity contribution in [1.82, 2.24) is 10.6 Å². The molecule has 0 bridgehead atoms. The second-order valence-corrected chi connectivity index (χ2v) is 6.48. The van der Waals surface area contributed by atoms with Gasteiger partial charge in [-0.15, -0.1) is 0 Å². The molecule has 0 aliphatic rings. The first-order chi connectivity index (χ1) is 11.9. The first-order valence-corrected chi connectivity index (χ1v) is 8.71. The fourth-order valence-electron chi connectivity index (χ4n) is 2.51. The van der Waals surface area contributed by atoms with E-state index in [1.54, 1.807) is 28.4 Å². The van der Waals surface area contributed by atoms with Crippen LogP contribution in [0.1, 0.15) is 39.2 Å². The second-order valence-electron chi connectivity index (χ2n) is 6.48. The molecule has 0 saturated heterocycles. The Balaban J connectivity index is 2.72. The van der Waals surface area contributed by atoms with E-state index in [4.69, 9.17) is 14.2 Å².